The zero-order valence-corrected chi connectivity index (χ0v) is 12.4. The number of urea groups is 1. The predicted molar refractivity (Wildman–Crippen MR) is 75.6 cm³/mol. The van der Waals surface area contributed by atoms with Gasteiger partial charge in [-0.2, -0.15) is 0 Å². The third-order valence-corrected chi connectivity index (χ3v) is 4.61. The zero-order valence-electron chi connectivity index (χ0n) is 11.6. The van der Waals surface area contributed by atoms with Gasteiger partial charge in [-0.3, -0.25) is 4.79 Å². The number of nitrogens with one attached hydrogen (secondary N) is 1. The van der Waals surface area contributed by atoms with Crippen molar-refractivity contribution in [2.45, 2.75) is 32.2 Å². The average Bonchev–Trinajstić information content (AvgIpc) is 2.93. The average molecular weight is 297 g/mol. The van der Waals surface area contributed by atoms with Gasteiger partial charge >= 0.3 is 12.0 Å². The molecular formula is C13H19N3O3S. The molecule has 6 nitrogen and oxygen atoms in total. The molecule has 0 aromatic carbocycles. The fourth-order valence-electron chi connectivity index (χ4n) is 2.26. The van der Waals surface area contributed by atoms with Crippen molar-refractivity contribution in [2.75, 3.05) is 13.1 Å². The summed E-state index contributed by atoms with van der Waals surface area (Å²) in [7, 11) is 0. The highest BCUT2D eigenvalue weighted by molar-refractivity contribution is 7.09. The van der Waals surface area contributed by atoms with Gasteiger partial charge in [0.25, 0.3) is 0 Å². The molecule has 110 valence electrons. The van der Waals surface area contributed by atoms with E-state index in [4.69, 9.17) is 5.11 Å². The molecule has 0 bridgehead atoms. The molecule has 1 aromatic rings. The molecule has 0 aliphatic carbocycles. The number of likely N-dealkylation sites (tertiary alicyclic amines) is 1. The zero-order chi connectivity index (χ0) is 14.8. The standard InChI is InChI=1S/C13H19N3O3S/c1-13(2,11-14-5-8-20-11)15-12(19)16-6-3-9(4-7-16)10(17)18/h5,8-9H,3-4,6-7H2,1-2H3,(H,15,19)(H,17,18). The van der Waals surface area contributed by atoms with Crippen molar-refractivity contribution < 1.29 is 14.7 Å². The van der Waals surface area contributed by atoms with Gasteiger partial charge in [-0.25, -0.2) is 9.78 Å². The topological polar surface area (TPSA) is 82.5 Å². The lowest BCUT2D eigenvalue weighted by Gasteiger charge is -2.33. The second-order valence-corrected chi connectivity index (χ2v) is 6.39. The van der Waals surface area contributed by atoms with Crippen LogP contribution in [0.5, 0.6) is 0 Å². The van der Waals surface area contributed by atoms with Crippen LogP contribution in [0.15, 0.2) is 11.6 Å². The van der Waals surface area contributed by atoms with Crippen LogP contribution < -0.4 is 5.32 Å². The highest BCUT2D eigenvalue weighted by Gasteiger charge is 2.31. The van der Waals surface area contributed by atoms with E-state index in [0.29, 0.717) is 25.9 Å². The smallest absolute Gasteiger partial charge is 0.318 e. The van der Waals surface area contributed by atoms with Gasteiger partial charge in [0.1, 0.15) is 5.01 Å². The highest BCUT2D eigenvalue weighted by Crippen LogP contribution is 2.23. The molecule has 0 saturated carbocycles. The largest absolute Gasteiger partial charge is 0.481 e. The van der Waals surface area contributed by atoms with E-state index in [1.165, 1.54) is 11.3 Å². The lowest BCUT2D eigenvalue weighted by Crippen LogP contribution is -2.51. The summed E-state index contributed by atoms with van der Waals surface area (Å²) in [6.07, 6.45) is 2.74. The van der Waals surface area contributed by atoms with Crippen LogP contribution in [-0.2, 0) is 10.3 Å². The van der Waals surface area contributed by atoms with E-state index in [1.807, 2.05) is 19.2 Å². The van der Waals surface area contributed by atoms with E-state index in [2.05, 4.69) is 10.3 Å². The number of carbonyl (C=O) groups is 2. The maximum absolute atomic E-state index is 12.2. The van der Waals surface area contributed by atoms with Crippen molar-refractivity contribution >= 4 is 23.3 Å². The lowest BCUT2D eigenvalue weighted by atomic mass is 9.97. The Balaban J connectivity index is 1.91. The molecule has 1 aromatic heterocycles. The Bertz CT molecular complexity index is 479. The van der Waals surface area contributed by atoms with Gasteiger partial charge in [0.2, 0.25) is 0 Å². The molecule has 20 heavy (non-hydrogen) atoms. The molecule has 2 N–H and O–H groups in total. The first-order chi connectivity index (χ1) is 9.40. The Morgan fingerprint density at radius 1 is 1.45 bits per heavy atom. The molecule has 0 spiro atoms. The monoisotopic (exact) mass is 297 g/mol. The van der Waals surface area contributed by atoms with Gasteiger partial charge in [0, 0.05) is 24.7 Å². The number of nitrogens with zero attached hydrogens (tertiary/aromatic N) is 2. The Labute approximate surface area is 121 Å². The van der Waals surface area contributed by atoms with Crippen LogP contribution in [0.25, 0.3) is 0 Å². The summed E-state index contributed by atoms with van der Waals surface area (Å²) >= 11 is 1.50. The third-order valence-electron chi connectivity index (χ3n) is 3.52. The van der Waals surface area contributed by atoms with Crippen LogP contribution >= 0.6 is 11.3 Å². The highest BCUT2D eigenvalue weighted by atomic mass is 32.1. The van der Waals surface area contributed by atoms with Crippen molar-refractivity contribution in [3.63, 3.8) is 0 Å². The SMILES string of the molecule is CC(C)(NC(=O)N1CCC(C(=O)O)CC1)c1nccs1. The summed E-state index contributed by atoms with van der Waals surface area (Å²) < 4.78 is 0. The summed E-state index contributed by atoms with van der Waals surface area (Å²) in [6, 6.07) is -0.158. The number of piperidine rings is 1. The maximum atomic E-state index is 12.2. The molecule has 7 heteroatoms. The molecule has 1 saturated heterocycles. The summed E-state index contributed by atoms with van der Waals surface area (Å²) in [6.45, 7) is 4.79. The second-order valence-electron chi connectivity index (χ2n) is 5.49. The number of carboxylic acid groups (broad SMARTS) is 1. The fourth-order valence-corrected chi connectivity index (χ4v) is 2.98. The van der Waals surface area contributed by atoms with E-state index in [1.54, 1.807) is 11.1 Å². The third kappa shape index (κ3) is 3.27. The van der Waals surface area contributed by atoms with Crippen molar-refractivity contribution in [3.8, 4) is 0 Å². The van der Waals surface area contributed by atoms with E-state index in [0.717, 1.165) is 5.01 Å². The minimum atomic E-state index is -0.770. The molecule has 2 amide bonds. The lowest BCUT2D eigenvalue weighted by molar-refractivity contribution is -0.143. The van der Waals surface area contributed by atoms with Gasteiger partial charge in [0.15, 0.2) is 0 Å². The van der Waals surface area contributed by atoms with Crippen molar-refractivity contribution in [3.05, 3.63) is 16.6 Å². The quantitative estimate of drug-likeness (QED) is 0.892. The molecule has 1 fully saturated rings. The molecule has 0 radical (unpaired) electrons. The first kappa shape index (κ1) is 14.8. The number of aliphatic carboxylic acids is 1. The van der Waals surface area contributed by atoms with E-state index in [-0.39, 0.29) is 11.9 Å². The Morgan fingerprint density at radius 2 is 2.10 bits per heavy atom. The second kappa shape index (κ2) is 5.78. The van der Waals surface area contributed by atoms with Crippen LogP contribution in [0.4, 0.5) is 4.79 Å². The number of hydrogen-bond acceptors (Lipinski definition) is 4. The summed E-state index contributed by atoms with van der Waals surface area (Å²) in [5, 5.41) is 14.6. The van der Waals surface area contributed by atoms with Crippen LogP contribution in [0, 0.1) is 5.92 Å². The molecule has 0 atom stereocenters. The van der Waals surface area contributed by atoms with Crippen LogP contribution in [0.3, 0.4) is 0 Å². The van der Waals surface area contributed by atoms with Gasteiger partial charge in [-0.05, 0) is 26.7 Å². The van der Waals surface area contributed by atoms with Crippen LogP contribution in [-0.4, -0.2) is 40.1 Å². The number of rotatable bonds is 3. The van der Waals surface area contributed by atoms with Crippen molar-refractivity contribution in [2.24, 2.45) is 5.92 Å². The van der Waals surface area contributed by atoms with Crippen LogP contribution in [0.2, 0.25) is 0 Å². The first-order valence-electron chi connectivity index (χ1n) is 6.60. The van der Waals surface area contributed by atoms with Crippen molar-refractivity contribution in [1.29, 1.82) is 0 Å². The minimum absolute atomic E-state index is 0.158. The molecule has 0 unspecified atom stereocenters. The number of carboxylic acids is 1. The van der Waals surface area contributed by atoms with E-state index >= 15 is 0 Å². The number of thiazole rings is 1. The Morgan fingerprint density at radius 3 is 2.60 bits per heavy atom. The molecular weight excluding hydrogens is 278 g/mol. The first-order valence-corrected chi connectivity index (χ1v) is 7.48. The fraction of sp³-hybridized carbons (Fsp3) is 0.615. The molecule has 1 aliphatic rings. The van der Waals surface area contributed by atoms with E-state index < -0.39 is 11.5 Å². The van der Waals surface area contributed by atoms with E-state index in [9.17, 15) is 9.59 Å². The molecule has 2 rings (SSSR count). The maximum Gasteiger partial charge on any atom is 0.318 e. The number of amides is 2. The summed E-state index contributed by atoms with van der Waals surface area (Å²) in [5.74, 6) is -1.10. The predicted octanol–water partition coefficient (Wildman–Crippen LogP) is 1.88. The number of aromatic nitrogens is 1. The molecule has 2 heterocycles. The van der Waals surface area contributed by atoms with Crippen LogP contribution in [0.1, 0.15) is 31.7 Å². The van der Waals surface area contributed by atoms with Gasteiger partial charge in [-0.15, -0.1) is 11.3 Å². The van der Waals surface area contributed by atoms with Crippen molar-refractivity contribution in [1.82, 2.24) is 15.2 Å². The number of hydrogen-bond donors (Lipinski definition) is 2. The minimum Gasteiger partial charge on any atom is -0.481 e. The Hall–Kier alpha value is -1.63. The normalized spacial score (nSPS) is 17.0. The van der Waals surface area contributed by atoms with Gasteiger partial charge < -0.3 is 15.3 Å². The van der Waals surface area contributed by atoms with Gasteiger partial charge in [0.05, 0.1) is 11.5 Å². The summed E-state index contributed by atoms with van der Waals surface area (Å²) in [5.41, 5.74) is -0.519. The summed E-state index contributed by atoms with van der Waals surface area (Å²) in [4.78, 5) is 29.0. The number of carbonyl (C=O) groups excluding carboxylic acids is 1. The van der Waals surface area contributed by atoms with Gasteiger partial charge in [-0.1, -0.05) is 0 Å². The Kier molecular flexibility index (Phi) is 4.27. The molecule has 1 aliphatic heterocycles.